The van der Waals surface area contributed by atoms with Gasteiger partial charge in [0.2, 0.25) is 11.8 Å². The van der Waals surface area contributed by atoms with Crippen LogP contribution in [-0.4, -0.2) is 33.0 Å². The third kappa shape index (κ3) is 3.90. The molecule has 6 nitrogen and oxygen atoms in total. The molecule has 0 aliphatic carbocycles. The van der Waals surface area contributed by atoms with E-state index in [1.165, 1.54) is 0 Å². The molecular weight excluding hydrogens is 313 g/mol. The molecule has 0 bridgehead atoms. The minimum Gasteiger partial charge on any atom is -0.423 e. The summed E-state index contributed by atoms with van der Waals surface area (Å²) in [4.78, 5) is 2.12. The summed E-state index contributed by atoms with van der Waals surface area (Å²) in [6, 6.07) is -0.174. The molecule has 1 unspecified atom stereocenters. The van der Waals surface area contributed by atoms with Crippen LogP contribution in [-0.2, 0) is 13.0 Å². The molecule has 1 aliphatic heterocycles. The van der Waals surface area contributed by atoms with Gasteiger partial charge in [0.1, 0.15) is 12.2 Å². The summed E-state index contributed by atoms with van der Waals surface area (Å²) in [6.07, 6.45) is -1.12. The molecule has 1 fully saturated rings. The first kappa shape index (κ1) is 16.0. The summed E-state index contributed by atoms with van der Waals surface area (Å²) >= 11 is 0. The van der Waals surface area contributed by atoms with E-state index in [0.717, 1.165) is 37.1 Å². The predicted molar refractivity (Wildman–Crippen MR) is 72.3 cm³/mol. The largest absolute Gasteiger partial charge is 0.423 e. The van der Waals surface area contributed by atoms with Crippen molar-refractivity contribution in [1.82, 2.24) is 20.3 Å². The van der Waals surface area contributed by atoms with E-state index in [9.17, 15) is 13.2 Å². The fraction of sp³-hybridized carbons (Fsp3) is 0.643. The lowest BCUT2D eigenvalue weighted by molar-refractivity contribution is -0.131. The molecule has 3 rings (SSSR count). The molecule has 0 N–H and O–H groups in total. The van der Waals surface area contributed by atoms with Gasteiger partial charge in [-0.05, 0) is 26.3 Å². The Kier molecular flexibility index (Phi) is 4.38. The van der Waals surface area contributed by atoms with Crippen LogP contribution in [0.1, 0.15) is 48.4 Å². The normalized spacial score (nSPS) is 20.1. The summed E-state index contributed by atoms with van der Waals surface area (Å²) in [5, 5.41) is 11.1. The van der Waals surface area contributed by atoms with Gasteiger partial charge < -0.3 is 8.94 Å². The molecule has 0 aromatic carbocycles. The predicted octanol–water partition coefficient (Wildman–Crippen LogP) is 3.20. The van der Waals surface area contributed by atoms with Crippen molar-refractivity contribution in [1.29, 1.82) is 0 Å². The number of hydrogen-bond donors (Lipinski definition) is 0. The number of nitrogens with zero attached hydrogens (tertiary/aromatic N) is 4. The van der Waals surface area contributed by atoms with Crippen LogP contribution >= 0.6 is 0 Å². The highest BCUT2D eigenvalue weighted by atomic mass is 19.4. The first-order valence-electron chi connectivity index (χ1n) is 7.45. The number of hydrogen-bond acceptors (Lipinski definition) is 6. The topological polar surface area (TPSA) is 68.2 Å². The zero-order chi connectivity index (χ0) is 16.4. The number of rotatable bonds is 4. The molecule has 126 valence electrons. The molecule has 0 saturated carbocycles. The highest BCUT2D eigenvalue weighted by Gasteiger charge is 2.33. The van der Waals surface area contributed by atoms with Crippen molar-refractivity contribution < 1.29 is 22.1 Å². The first-order chi connectivity index (χ1) is 10.9. The van der Waals surface area contributed by atoms with Crippen LogP contribution in [0, 0.1) is 6.92 Å². The molecule has 0 amide bonds. The molecule has 23 heavy (non-hydrogen) atoms. The number of halogens is 3. The SMILES string of the molecule is Cc1oncc1CN1CCCCC1c1nnc(CC(F)(F)F)o1. The zero-order valence-corrected chi connectivity index (χ0v) is 12.6. The van der Waals surface area contributed by atoms with Gasteiger partial charge in [0.05, 0.1) is 12.2 Å². The van der Waals surface area contributed by atoms with Gasteiger partial charge in [-0.2, -0.15) is 13.2 Å². The monoisotopic (exact) mass is 330 g/mol. The molecule has 2 aromatic rings. The maximum Gasteiger partial charge on any atom is 0.397 e. The Morgan fingerprint density at radius 3 is 2.83 bits per heavy atom. The van der Waals surface area contributed by atoms with Crippen molar-refractivity contribution in [3.63, 3.8) is 0 Å². The molecule has 1 saturated heterocycles. The van der Waals surface area contributed by atoms with E-state index < -0.39 is 12.6 Å². The van der Waals surface area contributed by atoms with Crippen molar-refractivity contribution in [3.8, 4) is 0 Å². The van der Waals surface area contributed by atoms with Gasteiger partial charge >= 0.3 is 6.18 Å². The van der Waals surface area contributed by atoms with Crippen molar-refractivity contribution in [2.75, 3.05) is 6.54 Å². The van der Waals surface area contributed by atoms with E-state index in [2.05, 4.69) is 20.3 Å². The molecule has 2 aromatic heterocycles. The summed E-state index contributed by atoms with van der Waals surface area (Å²) in [6.45, 7) is 3.23. The fourth-order valence-electron chi connectivity index (χ4n) is 2.79. The summed E-state index contributed by atoms with van der Waals surface area (Å²) in [5.41, 5.74) is 0.951. The Morgan fingerprint density at radius 2 is 2.13 bits per heavy atom. The van der Waals surface area contributed by atoms with Crippen LogP contribution < -0.4 is 0 Å². The molecular formula is C14H17F3N4O2. The number of piperidine rings is 1. The minimum absolute atomic E-state index is 0.174. The Bertz CT molecular complexity index is 652. The Morgan fingerprint density at radius 1 is 1.30 bits per heavy atom. The van der Waals surface area contributed by atoms with E-state index in [-0.39, 0.29) is 17.8 Å². The lowest BCUT2D eigenvalue weighted by Crippen LogP contribution is -2.33. The van der Waals surface area contributed by atoms with Crippen LogP contribution in [0.2, 0.25) is 0 Å². The van der Waals surface area contributed by atoms with Gasteiger partial charge in [-0.15, -0.1) is 10.2 Å². The van der Waals surface area contributed by atoms with Crippen molar-refractivity contribution >= 4 is 0 Å². The number of aryl methyl sites for hydroxylation is 1. The van der Waals surface area contributed by atoms with Gasteiger partial charge in [-0.25, -0.2) is 0 Å². The van der Waals surface area contributed by atoms with E-state index in [1.807, 2.05) is 6.92 Å². The molecule has 1 atom stereocenters. The standard InChI is InChI=1S/C14H17F3N4O2/c1-9-10(7-18-23-9)8-21-5-3-2-4-11(21)13-20-19-12(22-13)6-14(15,16)17/h7,11H,2-6,8H2,1H3. The Hall–Kier alpha value is -1.90. The van der Waals surface area contributed by atoms with Crippen LogP contribution in [0.15, 0.2) is 15.1 Å². The second-order valence-corrected chi connectivity index (χ2v) is 5.72. The molecule has 3 heterocycles. The van der Waals surface area contributed by atoms with Gasteiger partial charge in [-0.1, -0.05) is 11.6 Å². The van der Waals surface area contributed by atoms with E-state index in [0.29, 0.717) is 6.54 Å². The second-order valence-electron chi connectivity index (χ2n) is 5.72. The summed E-state index contributed by atoms with van der Waals surface area (Å²) in [5.74, 6) is 0.592. The van der Waals surface area contributed by atoms with Crippen molar-refractivity contribution in [2.24, 2.45) is 0 Å². The van der Waals surface area contributed by atoms with Gasteiger partial charge in [-0.3, -0.25) is 4.90 Å². The van der Waals surface area contributed by atoms with E-state index in [1.54, 1.807) is 6.20 Å². The summed E-state index contributed by atoms with van der Waals surface area (Å²) in [7, 11) is 0. The van der Waals surface area contributed by atoms with Crippen molar-refractivity contribution in [3.05, 3.63) is 29.3 Å². The average Bonchev–Trinajstić information content (AvgIpc) is 3.08. The lowest BCUT2D eigenvalue weighted by Gasteiger charge is -2.33. The zero-order valence-electron chi connectivity index (χ0n) is 12.6. The van der Waals surface area contributed by atoms with E-state index in [4.69, 9.17) is 8.94 Å². The highest BCUT2D eigenvalue weighted by Crippen LogP contribution is 2.32. The number of aromatic nitrogens is 3. The van der Waals surface area contributed by atoms with Crippen LogP contribution in [0.25, 0.3) is 0 Å². The highest BCUT2D eigenvalue weighted by molar-refractivity contribution is 5.12. The third-order valence-corrected chi connectivity index (χ3v) is 3.96. The van der Waals surface area contributed by atoms with Gasteiger partial charge in [0.15, 0.2) is 0 Å². The molecule has 0 radical (unpaired) electrons. The number of alkyl halides is 3. The summed E-state index contributed by atoms with van der Waals surface area (Å²) < 4.78 is 47.5. The van der Waals surface area contributed by atoms with Gasteiger partial charge in [0.25, 0.3) is 0 Å². The minimum atomic E-state index is -4.35. The fourth-order valence-corrected chi connectivity index (χ4v) is 2.79. The molecule has 9 heteroatoms. The average molecular weight is 330 g/mol. The van der Waals surface area contributed by atoms with Crippen LogP contribution in [0.3, 0.4) is 0 Å². The van der Waals surface area contributed by atoms with E-state index >= 15 is 0 Å². The quantitative estimate of drug-likeness (QED) is 0.857. The smallest absolute Gasteiger partial charge is 0.397 e. The van der Waals surface area contributed by atoms with Crippen LogP contribution in [0.4, 0.5) is 13.2 Å². The second kappa shape index (κ2) is 6.31. The number of likely N-dealkylation sites (tertiary alicyclic amines) is 1. The molecule has 1 aliphatic rings. The maximum atomic E-state index is 12.4. The van der Waals surface area contributed by atoms with Gasteiger partial charge in [0, 0.05) is 12.1 Å². The van der Waals surface area contributed by atoms with Crippen molar-refractivity contribution in [2.45, 2.75) is 51.4 Å². The van der Waals surface area contributed by atoms with Crippen LogP contribution in [0.5, 0.6) is 0 Å². The Labute approximate surface area is 130 Å². The molecule has 0 spiro atoms. The first-order valence-corrected chi connectivity index (χ1v) is 7.45. The lowest BCUT2D eigenvalue weighted by atomic mass is 10.0. The Balaban J connectivity index is 1.75. The maximum absolute atomic E-state index is 12.4. The third-order valence-electron chi connectivity index (χ3n) is 3.96.